The lowest BCUT2D eigenvalue weighted by Gasteiger charge is -2.14. The summed E-state index contributed by atoms with van der Waals surface area (Å²) in [6.45, 7) is 0. The van der Waals surface area contributed by atoms with Gasteiger partial charge in [-0.25, -0.2) is 13.6 Å². The molecule has 0 aliphatic carbocycles. The van der Waals surface area contributed by atoms with E-state index >= 15 is 0 Å². The van der Waals surface area contributed by atoms with Gasteiger partial charge in [-0.05, 0) is 23.8 Å². The lowest BCUT2D eigenvalue weighted by atomic mass is 10.1. The molecule has 0 heterocycles. The maximum atomic E-state index is 13.1. The topological polar surface area (TPSA) is 66.4 Å². The second-order valence-corrected chi connectivity index (χ2v) is 4.68. The Labute approximate surface area is 125 Å². The van der Waals surface area contributed by atoms with E-state index < -0.39 is 29.6 Å². The number of carboxylic acids is 1. The zero-order chi connectivity index (χ0) is 16.1. The van der Waals surface area contributed by atoms with Crippen LogP contribution in [-0.4, -0.2) is 23.0 Å². The Balaban J connectivity index is 2.12. The van der Waals surface area contributed by atoms with Crippen LogP contribution >= 0.6 is 0 Å². The summed E-state index contributed by atoms with van der Waals surface area (Å²) in [6.07, 6.45) is 0.0889. The molecule has 0 bridgehead atoms. The van der Waals surface area contributed by atoms with Crippen molar-refractivity contribution in [2.75, 3.05) is 0 Å². The van der Waals surface area contributed by atoms with E-state index in [0.29, 0.717) is 0 Å². The molecule has 0 saturated carbocycles. The first-order valence-corrected chi connectivity index (χ1v) is 6.50. The highest BCUT2D eigenvalue weighted by Crippen LogP contribution is 2.10. The number of aliphatic carboxylic acids is 1. The zero-order valence-corrected chi connectivity index (χ0v) is 11.4. The lowest BCUT2D eigenvalue weighted by molar-refractivity contribution is -0.139. The van der Waals surface area contributed by atoms with Gasteiger partial charge in [0.1, 0.15) is 6.04 Å². The van der Waals surface area contributed by atoms with E-state index in [1.165, 1.54) is 0 Å². The predicted octanol–water partition coefficient (Wildman–Crippen LogP) is 2.39. The molecule has 0 unspecified atom stereocenters. The molecule has 22 heavy (non-hydrogen) atoms. The quantitative estimate of drug-likeness (QED) is 0.891. The number of halogens is 2. The van der Waals surface area contributed by atoms with Crippen LogP contribution in [0.4, 0.5) is 8.78 Å². The van der Waals surface area contributed by atoms with Crippen LogP contribution in [0, 0.1) is 11.6 Å². The number of hydrogen-bond donors (Lipinski definition) is 2. The Kier molecular flexibility index (Phi) is 4.83. The number of hydrogen-bond acceptors (Lipinski definition) is 2. The number of carbonyl (C=O) groups excluding carboxylic acids is 1. The number of carbonyl (C=O) groups is 2. The van der Waals surface area contributed by atoms with Gasteiger partial charge in [0, 0.05) is 12.0 Å². The van der Waals surface area contributed by atoms with Crippen LogP contribution in [0.25, 0.3) is 0 Å². The van der Waals surface area contributed by atoms with Crippen molar-refractivity contribution in [3.63, 3.8) is 0 Å². The van der Waals surface area contributed by atoms with Crippen LogP contribution in [0.1, 0.15) is 15.9 Å². The Morgan fingerprint density at radius 3 is 2.32 bits per heavy atom. The molecule has 0 fully saturated rings. The maximum absolute atomic E-state index is 13.1. The Bertz CT molecular complexity index is 689. The van der Waals surface area contributed by atoms with Gasteiger partial charge in [0.15, 0.2) is 11.6 Å². The van der Waals surface area contributed by atoms with E-state index in [0.717, 1.165) is 23.8 Å². The van der Waals surface area contributed by atoms with Gasteiger partial charge in [0.25, 0.3) is 5.91 Å². The van der Waals surface area contributed by atoms with Gasteiger partial charge in [-0.3, -0.25) is 4.79 Å². The number of amides is 1. The van der Waals surface area contributed by atoms with Gasteiger partial charge in [0.05, 0.1) is 0 Å². The van der Waals surface area contributed by atoms with E-state index in [-0.39, 0.29) is 12.0 Å². The molecule has 4 nitrogen and oxygen atoms in total. The summed E-state index contributed by atoms with van der Waals surface area (Å²) in [5, 5.41) is 11.5. The number of carboxylic acid groups (broad SMARTS) is 1. The van der Waals surface area contributed by atoms with Gasteiger partial charge < -0.3 is 10.4 Å². The summed E-state index contributed by atoms with van der Waals surface area (Å²) < 4.78 is 26.0. The molecule has 2 aromatic carbocycles. The fourth-order valence-corrected chi connectivity index (χ4v) is 1.93. The van der Waals surface area contributed by atoms with Crippen LogP contribution in [-0.2, 0) is 11.2 Å². The molecule has 114 valence electrons. The first-order chi connectivity index (χ1) is 10.5. The highest BCUT2D eigenvalue weighted by Gasteiger charge is 2.21. The SMILES string of the molecule is O=C(N[C@@H](Cc1ccccc1)C(=O)O)c1ccc(F)c(F)c1. The Morgan fingerprint density at radius 2 is 1.73 bits per heavy atom. The third-order valence-electron chi connectivity index (χ3n) is 3.07. The van der Waals surface area contributed by atoms with Crippen molar-refractivity contribution in [2.45, 2.75) is 12.5 Å². The van der Waals surface area contributed by atoms with Crippen molar-refractivity contribution in [2.24, 2.45) is 0 Å². The van der Waals surface area contributed by atoms with Crippen LogP contribution in [0.5, 0.6) is 0 Å². The van der Waals surface area contributed by atoms with Crippen LogP contribution in [0.2, 0.25) is 0 Å². The molecule has 6 heteroatoms. The molecule has 1 amide bonds. The fraction of sp³-hybridized carbons (Fsp3) is 0.125. The van der Waals surface area contributed by atoms with E-state index in [9.17, 15) is 23.5 Å². The monoisotopic (exact) mass is 305 g/mol. The van der Waals surface area contributed by atoms with Gasteiger partial charge in [-0.1, -0.05) is 30.3 Å². The van der Waals surface area contributed by atoms with Crippen molar-refractivity contribution >= 4 is 11.9 Å². The molecule has 0 saturated heterocycles. The standard InChI is InChI=1S/C16H13F2NO3/c17-12-7-6-11(9-13(12)18)15(20)19-14(16(21)22)8-10-4-2-1-3-5-10/h1-7,9,14H,8H2,(H,19,20)(H,21,22)/t14-/m0/s1. The lowest BCUT2D eigenvalue weighted by Crippen LogP contribution is -2.42. The van der Waals surface area contributed by atoms with E-state index in [4.69, 9.17) is 0 Å². The second-order valence-electron chi connectivity index (χ2n) is 4.68. The molecule has 2 aromatic rings. The van der Waals surface area contributed by atoms with Crippen molar-refractivity contribution in [1.82, 2.24) is 5.32 Å². The highest BCUT2D eigenvalue weighted by molar-refractivity contribution is 5.96. The van der Waals surface area contributed by atoms with E-state index in [1.807, 2.05) is 0 Å². The third kappa shape index (κ3) is 3.88. The summed E-state index contributed by atoms with van der Waals surface area (Å²) in [5.74, 6) is -4.22. The Hall–Kier alpha value is -2.76. The molecule has 0 spiro atoms. The van der Waals surface area contributed by atoms with Gasteiger partial charge in [-0.2, -0.15) is 0 Å². The van der Waals surface area contributed by atoms with Crippen molar-refractivity contribution in [1.29, 1.82) is 0 Å². The van der Waals surface area contributed by atoms with E-state index in [1.54, 1.807) is 30.3 Å². The Morgan fingerprint density at radius 1 is 1.05 bits per heavy atom. The largest absolute Gasteiger partial charge is 0.480 e. The van der Waals surface area contributed by atoms with E-state index in [2.05, 4.69) is 5.32 Å². The van der Waals surface area contributed by atoms with Crippen molar-refractivity contribution in [3.05, 3.63) is 71.3 Å². The molecule has 2 rings (SSSR count). The number of benzene rings is 2. The average molecular weight is 305 g/mol. The minimum Gasteiger partial charge on any atom is -0.480 e. The molecule has 0 radical (unpaired) electrons. The highest BCUT2D eigenvalue weighted by atomic mass is 19.2. The fourth-order valence-electron chi connectivity index (χ4n) is 1.93. The molecule has 2 N–H and O–H groups in total. The predicted molar refractivity (Wildman–Crippen MR) is 75.4 cm³/mol. The molecular weight excluding hydrogens is 292 g/mol. The zero-order valence-electron chi connectivity index (χ0n) is 11.4. The van der Waals surface area contributed by atoms with Gasteiger partial charge >= 0.3 is 5.97 Å². The number of rotatable bonds is 5. The molecular formula is C16H13F2NO3. The van der Waals surface area contributed by atoms with Crippen LogP contribution in [0.3, 0.4) is 0 Å². The van der Waals surface area contributed by atoms with Crippen LogP contribution < -0.4 is 5.32 Å². The summed E-state index contributed by atoms with van der Waals surface area (Å²) in [4.78, 5) is 23.2. The van der Waals surface area contributed by atoms with Crippen LogP contribution in [0.15, 0.2) is 48.5 Å². The van der Waals surface area contributed by atoms with Gasteiger partial charge in [0.2, 0.25) is 0 Å². The normalized spacial score (nSPS) is 11.7. The molecule has 1 atom stereocenters. The first kappa shape index (κ1) is 15.6. The van der Waals surface area contributed by atoms with Gasteiger partial charge in [-0.15, -0.1) is 0 Å². The smallest absolute Gasteiger partial charge is 0.326 e. The summed E-state index contributed by atoms with van der Waals surface area (Å²) in [6, 6.07) is 10.2. The number of nitrogens with one attached hydrogen (secondary N) is 1. The minimum absolute atomic E-state index is 0.0889. The van der Waals surface area contributed by atoms with Crippen molar-refractivity contribution in [3.8, 4) is 0 Å². The summed E-state index contributed by atoms with van der Waals surface area (Å²) in [7, 11) is 0. The second kappa shape index (κ2) is 6.80. The molecule has 0 aliphatic rings. The van der Waals surface area contributed by atoms with Crippen molar-refractivity contribution < 1.29 is 23.5 Å². The third-order valence-corrected chi connectivity index (χ3v) is 3.07. The average Bonchev–Trinajstić information content (AvgIpc) is 2.50. The minimum atomic E-state index is -1.21. The first-order valence-electron chi connectivity index (χ1n) is 6.50. The summed E-state index contributed by atoms with van der Waals surface area (Å²) in [5.41, 5.74) is 0.596. The maximum Gasteiger partial charge on any atom is 0.326 e. The molecule has 0 aliphatic heterocycles. The molecule has 0 aromatic heterocycles. The summed E-state index contributed by atoms with van der Waals surface area (Å²) >= 11 is 0.